The molecule has 0 saturated carbocycles. The zero-order valence-corrected chi connectivity index (χ0v) is 16.0. The Kier molecular flexibility index (Phi) is 5.07. The molecule has 0 aliphatic rings. The molecule has 0 aliphatic heterocycles. The van der Waals surface area contributed by atoms with Gasteiger partial charge in [0.1, 0.15) is 5.75 Å². The van der Waals surface area contributed by atoms with Gasteiger partial charge in [-0.3, -0.25) is 0 Å². The van der Waals surface area contributed by atoms with Gasteiger partial charge in [-0.25, -0.2) is 4.98 Å². The molecular formula is C21H19N3O2S. The molecule has 27 heavy (non-hydrogen) atoms. The van der Waals surface area contributed by atoms with E-state index in [1.54, 1.807) is 18.9 Å². The second-order valence-corrected chi connectivity index (χ2v) is 6.98. The fraction of sp³-hybridized carbons (Fsp3) is 0.190. The van der Waals surface area contributed by atoms with E-state index < -0.39 is 0 Å². The van der Waals surface area contributed by atoms with E-state index >= 15 is 0 Å². The molecule has 0 N–H and O–H groups in total. The van der Waals surface area contributed by atoms with E-state index in [2.05, 4.69) is 34.5 Å². The monoisotopic (exact) mass is 377 g/mol. The molecule has 6 heteroatoms. The third-order valence-electron chi connectivity index (χ3n) is 4.23. The molecule has 0 atom stereocenters. The minimum Gasteiger partial charge on any atom is -0.497 e. The summed E-state index contributed by atoms with van der Waals surface area (Å²) in [7, 11) is 1.67. The Labute approximate surface area is 161 Å². The average molecular weight is 377 g/mol. The van der Waals surface area contributed by atoms with E-state index in [1.165, 1.54) is 0 Å². The van der Waals surface area contributed by atoms with Crippen molar-refractivity contribution in [3.05, 3.63) is 66.4 Å². The molecule has 4 rings (SSSR count). The lowest BCUT2D eigenvalue weighted by Crippen LogP contribution is -1.91. The molecule has 2 heterocycles. The summed E-state index contributed by atoms with van der Waals surface area (Å²) in [6.07, 6.45) is 0.740. The number of methoxy groups -OCH3 is 1. The van der Waals surface area contributed by atoms with Crippen molar-refractivity contribution >= 4 is 22.7 Å². The van der Waals surface area contributed by atoms with Gasteiger partial charge >= 0.3 is 0 Å². The summed E-state index contributed by atoms with van der Waals surface area (Å²) in [6.45, 7) is 1.99. The molecule has 0 fully saturated rings. The number of hydrogen-bond acceptors (Lipinski definition) is 6. The number of thioether (sulfide) groups is 1. The molecule has 2 aromatic carbocycles. The summed E-state index contributed by atoms with van der Waals surface area (Å²) < 4.78 is 11.0. The van der Waals surface area contributed by atoms with Crippen molar-refractivity contribution in [3.8, 4) is 16.9 Å². The van der Waals surface area contributed by atoms with Crippen LogP contribution < -0.4 is 4.74 Å². The normalized spacial score (nSPS) is 11.0. The standard InChI is InChI=1S/C21H19N3O2S/c1-3-19-23-24-20(26-19)13-27-21-12-17(14-7-5-4-6-8-14)16-10-9-15(25-2)11-18(16)22-21/h4-12H,3,13H2,1-2H3. The van der Waals surface area contributed by atoms with Crippen molar-refractivity contribution < 1.29 is 9.15 Å². The van der Waals surface area contributed by atoms with E-state index in [4.69, 9.17) is 14.1 Å². The average Bonchev–Trinajstić information content (AvgIpc) is 3.20. The van der Waals surface area contributed by atoms with Gasteiger partial charge in [0.05, 0.1) is 23.4 Å². The number of hydrogen-bond donors (Lipinski definition) is 0. The van der Waals surface area contributed by atoms with Crippen LogP contribution in [0, 0.1) is 0 Å². The summed E-state index contributed by atoms with van der Waals surface area (Å²) in [6, 6.07) is 18.4. The van der Waals surface area contributed by atoms with Crippen molar-refractivity contribution in [1.29, 1.82) is 0 Å². The zero-order valence-electron chi connectivity index (χ0n) is 15.2. The van der Waals surface area contributed by atoms with Crippen LogP contribution >= 0.6 is 11.8 Å². The molecular weight excluding hydrogens is 358 g/mol. The van der Waals surface area contributed by atoms with E-state index in [-0.39, 0.29) is 0 Å². The van der Waals surface area contributed by atoms with Crippen LogP contribution in [0.15, 0.2) is 64.0 Å². The minimum absolute atomic E-state index is 0.587. The maximum absolute atomic E-state index is 5.60. The molecule has 0 spiro atoms. The Morgan fingerprint density at radius 3 is 2.56 bits per heavy atom. The van der Waals surface area contributed by atoms with Crippen LogP contribution in [-0.4, -0.2) is 22.3 Å². The van der Waals surface area contributed by atoms with Gasteiger partial charge in [0.2, 0.25) is 11.8 Å². The van der Waals surface area contributed by atoms with Crippen LogP contribution in [0.2, 0.25) is 0 Å². The van der Waals surface area contributed by atoms with Crippen LogP contribution in [0.25, 0.3) is 22.0 Å². The third-order valence-corrected chi connectivity index (χ3v) is 5.13. The highest BCUT2D eigenvalue weighted by Crippen LogP contribution is 2.34. The molecule has 0 bridgehead atoms. The second kappa shape index (κ2) is 7.80. The first kappa shape index (κ1) is 17.5. The van der Waals surface area contributed by atoms with Crippen LogP contribution in [0.5, 0.6) is 5.75 Å². The molecule has 0 aliphatic carbocycles. The minimum atomic E-state index is 0.587. The lowest BCUT2D eigenvalue weighted by atomic mass is 10.0. The van der Waals surface area contributed by atoms with E-state index in [0.717, 1.165) is 39.2 Å². The van der Waals surface area contributed by atoms with Gasteiger partial charge in [-0.1, -0.05) is 49.0 Å². The molecule has 2 aromatic heterocycles. The van der Waals surface area contributed by atoms with Gasteiger partial charge in [-0.05, 0) is 29.3 Å². The summed E-state index contributed by atoms with van der Waals surface area (Å²) in [5.41, 5.74) is 3.20. The van der Waals surface area contributed by atoms with Crippen LogP contribution in [-0.2, 0) is 12.2 Å². The Bertz CT molecular complexity index is 1060. The smallest absolute Gasteiger partial charge is 0.226 e. The van der Waals surface area contributed by atoms with Crippen LogP contribution in [0.3, 0.4) is 0 Å². The molecule has 0 radical (unpaired) electrons. The molecule has 4 aromatic rings. The Hall–Kier alpha value is -2.86. The predicted octanol–water partition coefficient (Wildman–Crippen LogP) is 5.15. The maximum atomic E-state index is 5.60. The highest BCUT2D eigenvalue weighted by Gasteiger charge is 2.11. The van der Waals surface area contributed by atoms with Crippen LogP contribution in [0.4, 0.5) is 0 Å². The predicted molar refractivity (Wildman–Crippen MR) is 107 cm³/mol. The molecule has 136 valence electrons. The summed E-state index contributed by atoms with van der Waals surface area (Å²) in [5.74, 6) is 2.65. The SMILES string of the molecule is CCc1nnc(CSc2cc(-c3ccccc3)c3ccc(OC)cc3n2)o1. The van der Waals surface area contributed by atoms with E-state index in [0.29, 0.717) is 17.5 Å². The van der Waals surface area contributed by atoms with Gasteiger partial charge in [0, 0.05) is 17.9 Å². The van der Waals surface area contributed by atoms with E-state index in [9.17, 15) is 0 Å². The van der Waals surface area contributed by atoms with Gasteiger partial charge in [0.25, 0.3) is 0 Å². The Balaban J connectivity index is 1.73. The van der Waals surface area contributed by atoms with Crippen molar-refractivity contribution in [3.63, 3.8) is 0 Å². The first-order chi connectivity index (χ1) is 13.3. The van der Waals surface area contributed by atoms with Gasteiger partial charge in [-0.2, -0.15) is 0 Å². The fourth-order valence-electron chi connectivity index (χ4n) is 2.87. The molecule has 0 unspecified atom stereocenters. The molecule has 0 amide bonds. The number of aromatic nitrogens is 3. The summed E-state index contributed by atoms with van der Waals surface area (Å²) in [5, 5.41) is 10.1. The molecule has 0 saturated heterocycles. The third kappa shape index (κ3) is 3.80. The number of nitrogens with zero attached hydrogens (tertiary/aromatic N) is 3. The van der Waals surface area contributed by atoms with Crippen molar-refractivity contribution in [2.24, 2.45) is 0 Å². The first-order valence-corrected chi connectivity index (χ1v) is 9.73. The number of fused-ring (bicyclic) bond motifs is 1. The number of rotatable bonds is 6. The Morgan fingerprint density at radius 2 is 1.81 bits per heavy atom. The quantitative estimate of drug-likeness (QED) is 0.433. The van der Waals surface area contributed by atoms with Crippen LogP contribution in [0.1, 0.15) is 18.7 Å². The van der Waals surface area contributed by atoms with Gasteiger partial charge in [0.15, 0.2) is 0 Å². The number of benzene rings is 2. The lowest BCUT2D eigenvalue weighted by Gasteiger charge is -2.10. The first-order valence-electron chi connectivity index (χ1n) is 8.75. The summed E-state index contributed by atoms with van der Waals surface area (Å²) in [4.78, 5) is 4.81. The van der Waals surface area contributed by atoms with E-state index in [1.807, 2.05) is 37.3 Å². The second-order valence-electron chi connectivity index (χ2n) is 5.99. The molecule has 5 nitrogen and oxygen atoms in total. The van der Waals surface area contributed by atoms with Crippen molar-refractivity contribution in [2.45, 2.75) is 24.1 Å². The maximum Gasteiger partial charge on any atom is 0.226 e. The summed E-state index contributed by atoms with van der Waals surface area (Å²) >= 11 is 1.59. The highest BCUT2D eigenvalue weighted by atomic mass is 32.2. The van der Waals surface area contributed by atoms with Gasteiger partial charge < -0.3 is 9.15 Å². The number of pyridine rings is 1. The zero-order chi connectivity index (χ0) is 18.6. The van der Waals surface area contributed by atoms with Gasteiger partial charge in [-0.15, -0.1) is 10.2 Å². The fourth-order valence-corrected chi connectivity index (χ4v) is 3.62. The van der Waals surface area contributed by atoms with Crippen molar-refractivity contribution in [1.82, 2.24) is 15.2 Å². The number of aryl methyl sites for hydroxylation is 1. The number of ether oxygens (including phenoxy) is 1. The largest absolute Gasteiger partial charge is 0.497 e. The topological polar surface area (TPSA) is 61.0 Å². The van der Waals surface area contributed by atoms with Crippen molar-refractivity contribution in [2.75, 3.05) is 7.11 Å². The lowest BCUT2D eigenvalue weighted by molar-refractivity contribution is 0.415. The Morgan fingerprint density at radius 1 is 1.00 bits per heavy atom. The highest BCUT2D eigenvalue weighted by molar-refractivity contribution is 7.98.